The van der Waals surface area contributed by atoms with Crippen molar-refractivity contribution in [2.45, 2.75) is 52.0 Å². The number of benzene rings is 3. The van der Waals surface area contributed by atoms with Gasteiger partial charge in [0.05, 0.1) is 17.1 Å². The van der Waals surface area contributed by atoms with E-state index in [-0.39, 0.29) is 17.6 Å². The molecule has 2 amide bonds. The summed E-state index contributed by atoms with van der Waals surface area (Å²) in [5.41, 5.74) is 3.66. The molecule has 1 fully saturated rings. The van der Waals surface area contributed by atoms with Crippen molar-refractivity contribution in [3.05, 3.63) is 77.6 Å². The highest BCUT2D eigenvalue weighted by atomic mass is 19.1. The van der Waals surface area contributed by atoms with Crippen LogP contribution < -0.4 is 15.5 Å². The molecule has 0 saturated carbocycles. The van der Waals surface area contributed by atoms with Gasteiger partial charge in [0, 0.05) is 35.8 Å². The standard InChI is InChI=1S/C31H37FN4O2/c1-20(2)18-35-17-7-10-25(35)21-11-13-22(14-12-21)33-30(38)34-24-8-5-6-9-26(24)36-19-31(3,4)28-23(32)15-16-27(37)29(28)36/h5-6,8-9,11-16,20,25,37H,7,10,17-19H2,1-4H3,(H2,33,34,38). The Morgan fingerprint density at radius 3 is 2.55 bits per heavy atom. The van der Waals surface area contributed by atoms with Crippen molar-refractivity contribution >= 4 is 28.8 Å². The summed E-state index contributed by atoms with van der Waals surface area (Å²) < 4.78 is 14.8. The number of hydrogen-bond donors (Lipinski definition) is 3. The first kappa shape index (κ1) is 26.0. The molecule has 3 N–H and O–H groups in total. The molecule has 1 saturated heterocycles. The van der Waals surface area contributed by atoms with E-state index in [1.54, 1.807) is 0 Å². The number of likely N-dealkylation sites (tertiary alicyclic amines) is 1. The van der Waals surface area contributed by atoms with Crippen LogP contribution in [0.3, 0.4) is 0 Å². The van der Waals surface area contributed by atoms with E-state index in [0.29, 0.717) is 46.8 Å². The second-order valence-corrected chi connectivity index (χ2v) is 11.5. The number of nitrogens with zero attached hydrogens (tertiary/aromatic N) is 2. The third kappa shape index (κ3) is 5.07. The number of carbonyl (C=O) groups excluding carboxylic acids is 1. The first-order valence-electron chi connectivity index (χ1n) is 13.4. The highest BCUT2D eigenvalue weighted by Crippen LogP contribution is 2.51. The zero-order valence-corrected chi connectivity index (χ0v) is 22.6. The molecule has 1 unspecified atom stereocenters. The van der Waals surface area contributed by atoms with Crippen LogP contribution in [0.2, 0.25) is 0 Å². The van der Waals surface area contributed by atoms with Gasteiger partial charge in [0.25, 0.3) is 0 Å². The molecule has 2 aliphatic rings. The number of rotatable bonds is 6. The van der Waals surface area contributed by atoms with Crippen LogP contribution in [0.15, 0.2) is 60.7 Å². The Labute approximate surface area is 224 Å². The third-order valence-electron chi connectivity index (χ3n) is 7.57. The molecule has 0 bridgehead atoms. The van der Waals surface area contributed by atoms with Gasteiger partial charge in [-0.1, -0.05) is 52.0 Å². The molecule has 0 spiro atoms. The van der Waals surface area contributed by atoms with Gasteiger partial charge < -0.3 is 20.6 Å². The van der Waals surface area contributed by atoms with Crippen molar-refractivity contribution in [1.82, 2.24) is 4.90 Å². The minimum Gasteiger partial charge on any atom is -0.506 e. The molecule has 0 aromatic heterocycles. The van der Waals surface area contributed by atoms with E-state index in [9.17, 15) is 14.3 Å². The number of phenols is 1. The van der Waals surface area contributed by atoms with Gasteiger partial charge in [0.15, 0.2) is 0 Å². The van der Waals surface area contributed by atoms with Crippen LogP contribution in [-0.4, -0.2) is 35.7 Å². The topological polar surface area (TPSA) is 67.8 Å². The lowest BCUT2D eigenvalue weighted by Crippen LogP contribution is -2.27. The molecule has 200 valence electrons. The first-order chi connectivity index (χ1) is 18.1. The third-order valence-corrected chi connectivity index (χ3v) is 7.57. The molecule has 3 aromatic carbocycles. The Kier molecular flexibility index (Phi) is 7.05. The predicted octanol–water partition coefficient (Wildman–Crippen LogP) is 7.40. The lowest BCUT2D eigenvalue weighted by Gasteiger charge is -2.26. The molecule has 0 aliphatic carbocycles. The number of nitrogens with one attached hydrogen (secondary N) is 2. The van der Waals surface area contributed by atoms with E-state index in [1.165, 1.54) is 24.1 Å². The zero-order valence-electron chi connectivity index (χ0n) is 22.6. The fourth-order valence-electron chi connectivity index (χ4n) is 6.01. The maximum atomic E-state index is 14.8. The number of urea groups is 1. The summed E-state index contributed by atoms with van der Waals surface area (Å²) >= 11 is 0. The number of fused-ring (bicyclic) bond motifs is 1. The SMILES string of the molecule is CC(C)CN1CCCC1c1ccc(NC(=O)Nc2ccccc2N2CC(C)(C)c3c(F)ccc(O)c32)cc1. The predicted molar refractivity (Wildman–Crippen MR) is 152 cm³/mol. The van der Waals surface area contributed by atoms with Crippen LogP contribution in [0.5, 0.6) is 5.75 Å². The van der Waals surface area contributed by atoms with Gasteiger partial charge in [0.1, 0.15) is 11.6 Å². The number of anilines is 4. The fourth-order valence-corrected chi connectivity index (χ4v) is 6.01. The molecule has 1 atom stereocenters. The second kappa shape index (κ2) is 10.3. The number of carbonyl (C=O) groups is 1. The molecule has 3 aromatic rings. The van der Waals surface area contributed by atoms with E-state index in [1.807, 2.05) is 55.1 Å². The molecular formula is C31H37FN4O2. The highest BCUT2D eigenvalue weighted by Gasteiger charge is 2.41. The summed E-state index contributed by atoms with van der Waals surface area (Å²) in [5.74, 6) is 0.300. The van der Waals surface area contributed by atoms with Crippen molar-refractivity contribution in [2.24, 2.45) is 5.92 Å². The molecule has 7 heteroatoms. The van der Waals surface area contributed by atoms with Gasteiger partial charge in [0.2, 0.25) is 0 Å². The lowest BCUT2D eigenvalue weighted by molar-refractivity contribution is 0.229. The van der Waals surface area contributed by atoms with Crippen molar-refractivity contribution in [3.8, 4) is 5.75 Å². The Bertz CT molecular complexity index is 1320. The number of aromatic hydroxyl groups is 1. The summed E-state index contributed by atoms with van der Waals surface area (Å²) in [6.45, 7) is 11.1. The van der Waals surface area contributed by atoms with Crippen LogP contribution in [0.25, 0.3) is 0 Å². The number of halogens is 1. The first-order valence-corrected chi connectivity index (χ1v) is 13.4. The summed E-state index contributed by atoms with van der Waals surface area (Å²) in [5, 5.41) is 16.5. The number of hydrogen-bond acceptors (Lipinski definition) is 4. The van der Waals surface area contributed by atoms with Crippen LogP contribution in [0.1, 0.15) is 57.7 Å². The summed E-state index contributed by atoms with van der Waals surface area (Å²) in [6, 6.07) is 18.2. The highest BCUT2D eigenvalue weighted by molar-refractivity contribution is 6.02. The average Bonchev–Trinajstić information content (AvgIpc) is 3.43. The van der Waals surface area contributed by atoms with E-state index in [2.05, 4.69) is 41.5 Å². The number of phenolic OH excluding ortho intramolecular Hbond substituents is 1. The van der Waals surface area contributed by atoms with Crippen molar-refractivity contribution in [1.29, 1.82) is 0 Å². The lowest BCUT2D eigenvalue weighted by atomic mass is 9.86. The van der Waals surface area contributed by atoms with Gasteiger partial charge in [-0.2, -0.15) is 0 Å². The van der Waals surface area contributed by atoms with E-state index >= 15 is 0 Å². The minimum absolute atomic E-state index is 0.0144. The van der Waals surface area contributed by atoms with Crippen LogP contribution in [0, 0.1) is 11.7 Å². The van der Waals surface area contributed by atoms with Crippen molar-refractivity contribution in [2.75, 3.05) is 35.2 Å². The second-order valence-electron chi connectivity index (χ2n) is 11.5. The average molecular weight is 517 g/mol. The summed E-state index contributed by atoms with van der Waals surface area (Å²) in [6.07, 6.45) is 2.37. The largest absolute Gasteiger partial charge is 0.506 e. The van der Waals surface area contributed by atoms with Gasteiger partial charge in [-0.05, 0) is 67.3 Å². The van der Waals surface area contributed by atoms with Crippen LogP contribution >= 0.6 is 0 Å². The number of para-hydroxylation sites is 2. The molecular weight excluding hydrogens is 479 g/mol. The maximum absolute atomic E-state index is 14.8. The fraction of sp³-hybridized carbons (Fsp3) is 0.387. The van der Waals surface area contributed by atoms with Gasteiger partial charge in [-0.3, -0.25) is 4.90 Å². The summed E-state index contributed by atoms with van der Waals surface area (Å²) in [7, 11) is 0. The smallest absolute Gasteiger partial charge is 0.323 e. The van der Waals surface area contributed by atoms with Crippen molar-refractivity contribution in [3.63, 3.8) is 0 Å². The molecule has 38 heavy (non-hydrogen) atoms. The van der Waals surface area contributed by atoms with Gasteiger partial charge in [-0.15, -0.1) is 0 Å². The molecule has 6 nitrogen and oxygen atoms in total. The Morgan fingerprint density at radius 2 is 1.82 bits per heavy atom. The zero-order chi connectivity index (χ0) is 27.0. The number of amides is 2. The molecule has 5 rings (SSSR count). The van der Waals surface area contributed by atoms with Gasteiger partial charge >= 0.3 is 6.03 Å². The molecule has 0 radical (unpaired) electrons. The van der Waals surface area contributed by atoms with Crippen LogP contribution in [0.4, 0.5) is 31.9 Å². The van der Waals surface area contributed by atoms with E-state index in [0.717, 1.165) is 19.5 Å². The van der Waals surface area contributed by atoms with Crippen molar-refractivity contribution < 1.29 is 14.3 Å². The minimum atomic E-state index is -0.515. The van der Waals surface area contributed by atoms with Gasteiger partial charge in [-0.25, -0.2) is 9.18 Å². The summed E-state index contributed by atoms with van der Waals surface area (Å²) in [4.78, 5) is 17.4. The Balaban J connectivity index is 1.32. The monoisotopic (exact) mass is 516 g/mol. The van der Waals surface area contributed by atoms with Crippen LogP contribution in [-0.2, 0) is 5.41 Å². The normalized spacial score (nSPS) is 18.6. The molecule has 2 heterocycles. The van der Waals surface area contributed by atoms with E-state index in [4.69, 9.17) is 0 Å². The maximum Gasteiger partial charge on any atom is 0.323 e. The quantitative estimate of drug-likeness (QED) is 0.319. The molecule has 2 aliphatic heterocycles. The Morgan fingerprint density at radius 1 is 1.08 bits per heavy atom. The van der Waals surface area contributed by atoms with E-state index < -0.39 is 5.41 Å². The Hall–Kier alpha value is -3.58.